The summed E-state index contributed by atoms with van der Waals surface area (Å²) in [5, 5.41) is 4.54. The van der Waals surface area contributed by atoms with Crippen LogP contribution in [0.1, 0.15) is 44.2 Å². The third-order valence-electron chi connectivity index (χ3n) is 7.80. The van der Waals surface area contributed by atoms with Crippen molar-refractivity contribution in [2.45, 2.75) is 44.8 Å². The molecule has 3 aromatic rings. The Bertz CT molecular complexity index is 1430. The van der Waals surface area contributed by atoms with Gasteiger partial charge in [0.1, 0.15) is 17.5 Å². The van der Waals surface area contributed by atoms with Gasteiger partial charge in [0.05, 0.1) is 24.4 Å². The summed E-state index contributed by atoms with van der Waals surface area (Å²) in [7, 11) is 0. The van der Waals surface area contributed by atoms with E-state index in [9.17, 15) is 8.78 Å². The van der Waals surface area contributed by atoms with Gasteiger partial charge in [-0.15, -0.1) is 0 Å². The van der Waals surface area contributed by atoms with Crippen LogP contribution >= 0.6 is 0 Å². The van der Waals surface area contributed by atoms with E-state index in [1.165, 1.54) is 17.8 Å². The zero-order valence-electron chi connectivity index (χ0n) is 21.2. The largest absolute Gasteiger partial charge is 0.375 e. The van der Waals surface area contributed by atoms with E-state index in [1.807, 2.05) is 25.4 Å². The third-order valence-corrected chi connectivity index (χ3v) is 7.80. The molecule has 2 aromatic heterocycles. The van der Waals surface area contributed by atoms with Crippen LogP contribution < -0.4 is 4.90 Å². The van der Waals surface area contributed by atoms with Gasteiger partial charge in [0.25, 0.3) is 0 Å². The molecule has 0 amide bonds. The highest BCUT2D eigenvalue weighted by atomic mass is 19.1. The molecule has 8 heteroatoms. The summed E-state index contributed by atoms with van der Waals surface area (Å²) in [4.78, 5) is 9.47. The number of morpholine rings is 1. The van der Waals surface area contributed by atoms with E-state index in [0.29, 0.717) is 12.1 Å². The van der Waals surface area contributed by atoms with Crippen molar-refractivity contribution in [2.24, 2.45) is 0 Å². The molecule has 6 rings (SSSR count). The van der Waals surface area contributed by atoms with Gasteiger partial charge in [-0.25, -0.2) is 18.3 Å². The minimum absolute atomic E-state index is 0.220. The van der Waals surface area contributed by atoms with Crippen LogP contribution in [-0.4, -0.2) is 51.8 Å². The zero-order chi connectivity index (χ0) is 25.6. The van der Waals surface area contributed by atoms with Crippen molar-refractivity contribution in [3.63, 3.8) is 0 Å². The molecule has 1 aromatic carbocycles. The van der Waals surface area contributed by atoms with Gasteiger partial charge in [-0.2, -0.15) is 5.10 Å². The molecule has 192 valence electrons. The average Bonchev–Trinajstić information content (AvgIpc) is 3.41. The molecule has 0 radical (unpaired) electrons. The first-order chi connectivity index (χ1) is 17.9. The Morgan fingerprint density at radius 1 is 1.11 bits per heavy atom. The number of halogens is 2. The van der Waals surface area contributed by atoms with Crippen molar-refractivity contribution in [3.8, 4) is 0 Å². The van der Waals surface area contributed by atoms with Gasteiger partial charge in [0.2, 0.25) is 0 Å². The van der Waals surface area contributed by atoms with Gasteiger partial charge in [-0.05, 0) is 69.0 Å². The normalized spacial score (nSPS) is 24.4. The molecule has 6 nitrogen and oxygen atoms in total. The molecule has 0 N–H and O–H groups in total. The van der Waals surface area contributed by atoms with Crippen LogP contribution in [0.25, 0.3) is 11.2 Å². The van der Waals surface area contributed by atoms with Gasteiger partial charge < -0.3 is 14.5 Å². The standard InChI is InChI=1S/C29H31F2N5O/c1-20-19-34(15-16-37-20)23-6-3-5-21(7-9-23)24-18-32-36-14-11-27(33-28(24)36)35-13-4-12-29(35,2)25-17-22(30)8-10-26(25)31/h5-11,14,17-18,20H,3-4,12-13,15-16,19H2,1-2H3/t20-,29?/m1/s1. The Labute approximate surface area is 215 Å². The van der Waals surface area contributed by atoms with Gasteiger partial charge in [-0.1, -0.05) is 18.2 Å². The fraction of sp³-hybridized carbons (Fsp3) is 0.379. The Morgan fingerprint density at radius 3 is 2.86 bits per heavy atom. The fourth-order valence-electron chi connectivity index (χ4n) is 5.84. The van der Waals surface area contributed by atoms with Crippen LogP contribution in [0, 0.1) is 11.6 Å². The molecule has 2 atom stereocenters. The van der Waals surface area contributed by atoms with Crippen molar-refractivity contribution in [1.82, 2.24) is 19.5 Å². The quantitative estimate of drug-likeness (QED) is 0.473. The molecule has 0 spiro atoms. The van der Waals surface area contributed by atoms with E-state index in [2.05, 4.69) is 46.1 Å². The zero-order valence-corrected chi connectivity index (χ0v) is 21.2. The summed E-state index contributed by atoms with van der Waals surface area (Å²) < 4.78 is 36.4. The molecule has 2 aliphatic heterocycles. The van der Waals surface area contributed by atoms with Crippen molar-refractivity contribution in [3.05, 3.63) is 89.4 Å². The molecule has 2 fully saturated rings. The number of allylic oxidation sites excluding steroid dienone is 5. The lowest BCUT2D eigenvalue weighted by Crippen LogP contribution is -2.40. The number of aromatic nitrogens is 3. The highest BCUT2D eigenvalue weighted by molar-refractivity contribution is 5.83. The number of anilines is 1. The Hall–Kier alpha value is -3.52. The number of nitrogens with zero attached hydrogens (tertiary/aromatic N) is 5. The van der Waals surface area contributed by atoms with Crippen LogP contribution in [0.15, 0.2) is 66.7 Å². The minimum atomic E-state index is -0.687. The van der Waals surface area contributed by atoms with E-state index < -0.39 is 17.2 Å². The first kappa shape index (κ1) is 23.9. The smallest absolute Gasteiger partial charge is 0.165 e. The SMILES string of the molecule is C[C@@H]1CN(C2=CCC=C(c3cnn4ccc(N5CCCC5(C)c5cc(F)ccc5F)nc34)C=C2)CCO1. The lowest BCUT2D eigenvalue weighted by atomic mass is 9.88. The maximum Gasteiger partial charge on any atom is 0.165 e. The van der Waals surface area contributed by atoms with E-state index >= 15 is 0 Å². The maximum absolute atomic E-state index is 14.8. The lowest BCUT2D eigenvalue weighted by Gasteiger charge is -2.37. The number of ether oxygens (including phenoxy) is 1. The Balaban J connectivity index is 1.32. The van der Waals surface area contributed by atoms with Gasteiger partial charge >= 0.3 is 0 Å². The molecule has 3 aliphatic rings. The lowest BCUT2D eigenvalue weighted by molar-refractivity contribution is -0.00454. The van der Waals surface area contributed by atoms with E-state index in [0.717, 1.165) is 67.6 Å². The first-order valence-electron chi connectivity index (χ1n) is 13.0. The number of hydrogen-bond donors (Lipinski definition) is 0. The summed E-state index contributed by atoms with van der Waals surface area (Å²) in [6.07, 6.45) is 15.1. The van der Waals surface area contributed by atoms with E-state index in [1.54, 1.807) is 4.52 Å². The minimum Gasteiger partial charge on any atom is -0.375 e. The van der Waals surface area contributed by atoms with E-state index in [4.69, 9.17) is 9.72 Å². The van der Waals surface area contributed by atoms with Crippen LogP contribution in [-0.2, 0) is 10.3 Å². The predicted molar refractivity (Wildman–Crippen MR) is 140 cm³/mol. The second kappa shape index (κ2) is 9.41. The molecule has 4 heterocycles. The van der Waals surface area contributed by atoms with Crippen molar-refractivity contribution < 1.29 is 13.5 Å². The molecule has 0 saturated carbocycles. The van der Waals surface area contributed by atoms with Gasteiger partial charge in [-0.3, -0.25) is 0 Å². The summed E-state index contributed by atoms with van der Waals surface area (Å²) in [5.74, 6) is -0.0940. The van der Waals surface area contributed by atoms with Crippen LogP contribution in [0.2, 0.25) is 0 Å². The number of rotatable bonds is 4. The maximum atomic E-state index is 14.8. The van der Waals surface area contributed by atoms with Gasteiger partial charge in [0, 0.05) is 42.7 Å². The fourth-order valence-corrected chi connectivity index (χ4v) is 5.84. The Kier molecular flexibility index (Phi) is 6.07. The second-order valence-corrected chi connectivity index (χ2v) is 10.3. The summed E-state index contributed by atoms with van der Waals surface area (Å²) in [6, 6.07) is 5.60. The first-order valence-corrected chi connectivity index (χ1v) is 13.0. The highest BCUT2D eigenvalue weighted by Gasteiger charge is 2.41. The molecule has 1 unspecified atom stereocenters. The third kappa shape index (κ3) is 4.33. The molecular weight excluding hydrogens is 472 g/mol. The summed E-state index contributed by atoms with van der Waals surface area (Å²) in [5.41, 5.74) is 3.63. The number of fused-ring (bicyclic) bond motifs is 1. The van der Waals surface area contributed by atoms with Crippen LogP contribution in [0.5, 0.6) is 0 Å². The molecular formula is C29H31F2N5O. The molecule has 37 heavy (non-hydrogen) atoms. The topological polar surface area (TPSA) is 45.9 Å². The number of hydrogen-bond acceptors (Lipinski definition) is 5. The molecule has 2 saturated heterocycles. The summed E-state index contributed by atoms with van der Waals surface area (Å²) >= 11 is 0. The van der Waals surface area contributed by atoms with Crippen LogP contribution in [0.3, 0.4) is 0 Å². The van der Waals surface area contributed by atoms with Gasteiger partial charge in [0.15, 0.2) is 5.65 Å². The Morgan fingerprint density at radius 2 is 2.00 bits per heavy atom. The van der Waals surface area contributed by atoms with Crippen molar-refractivity contribution >= 4 is 17.0 Å². The monoisotopic (exact) mass is 503 g/mol. The summed E-state index contributed by atoms with van der Waals surface area (Å²) in [6.45, 7) is 7.30. The van der Waals surface area contributed by atoms with Crippen molar-refractivity contribution in [1.29, 1.82) is 0 Å². The average molecular weight is 504 g/mol. The number of benzene rings is 1. The predicted octanol–water partition coefficient (Wildman–Crippen LogP) is 5.47. The second-order valence-electron chi connectivity index (χ2n) is 10.3. The highest BCUT2D eigenvalue weighted by Crippen LogP contribution is 2.42. The van der Waals surface area contributed by atoms with Crippen LogP contribution in [0.4, 0.5) is 14.6 Å². The van der Waals surface area contributed by atoms with E-state index in [-0.39, 0.29) is 6.10 Å². The molecule has 1 aliphatic carbocycles. The van der Waals surface area contributed by atoms with Crippen molar-refractivity contribution in [2.75, 3.05) is 31.1 Å². The molecule has 0 bridgehead atoms.